The molecule has 0 bridgehead atoms. The van der Waals surface area contributed by atoms with E-state index in [4.69, 9.17) is 0 Å². The Morgan fingerprint density at radius 1 is 2.00 bits per heavy atom. The maximum absolute atomic E-state index is 10.3. The van der Waals surface area contributed by atoms with E-state index in [1.165, 1.54) is 11.8 Å². The van der Waals surface area contributed by atoms with Crippen LogP contribution >= 0.6 is 11.8 Å². The molecule has 1 heterocycles. The van der Waals surface area contributed by atoms with Crippen LogP contribution in [0.15, 0.2) is 12.7 Å². The molecule has 8 heavy (non-hydrogen) atoms. The van der Waals surface area contributed by atoms with E-state index in [9.17, 15) is 4.79 Å². The fraction of sp³-hybridized carbons (Fsp3) is 0.500. The molecule has 1 unspecified atom stereocenters. The standard InChI is InChI=1S/C6H8OS/c1-2-3-5-4-6(7)8-5/h2,5H,1,3-4H2. The Labute approximate surface area is 53.2 Å². The molecule has 1 rings (SSSR count). The molecule has 1 atom stereocenters. The van der Waals surface area contributed by atoms with Crippen LogP contribution in [0.3, 0.4) is 0 Å². The first-order valence-corrected chi connectivity index (χ1v) is 3.51. The number of carbonyl (C=O) groups is 1. The Kier molecular flexibility index (Phi) is 1.73. The van der Waals surface area contributed by atoms with E-state index in [0.717, 1.165) is 12.8 Å². The van der Waals surface area contributed by atoms with Crippen molar-refractivity contribution in [3.63, 3.8) is 0 Å². The number of hydrogen-bond donors (Lipinski definition) is 0. The van der Waals surface area contributed by atoms with Crippen molar-refractivity contribution in [2.75, 3.05) is 0 Å². The van der Waals surface area contributed by atoms with E-state index in [1.807, 2.05) is 6.08 Å². The summed E-state index contributed by atoms with van der Waals surface area (Å²) in [5.41, 5.74) is 0. The molecule has 1 aliphatic heterocycles. The quantitative estimate of drug-likeness (QED) is 0.525. The molecular weight excluding hydrogens is 120 g/mol. The monoisotopic (exact) mass is 128 g/mol. The van der Waals surface area contributed by atoms with Crippen LogP contribution in [-0.4, -0.2) is 10.4 Å². The van der Waals surface area contributed by atoms with Gasteiger partial charge in [0.2, 0.25) is 0 Å². The minimum atomic E-state index is 0.330. The maximum atomic E-state index is 10.3. The summed E-state index contributed by atoms with van der Waals surface area (Å²) >= 11 is 1.44. The van der Waals surface area contributed by atoms with E-state index in [0.29, 0.717) is 10.4 Å². The fourth-order valence-electron chi connectivity index (χ4n) is 0.680. The third-order valence-corrected chi connectivity index (χ3v) is 2.24. The Morgan fingerprint density at radius 3 is 3.00 bits per heavy atom. The first-order valence-electron chi connectivity index (χ1n) is 2.63. The van der Waals surface area contributed by atoms with Gasteiger partial charge in [-0.05, 0) is 6.42 Å². The predicted molar refractivity (Wildman–Crippen MR) is 35.8 cm³/mol. The molecule has 0 aliphatic carbocycles. The largest absolute Gasteiger partial charge is 0.287 e. The minimum absolute atomic E-state index is 0.330. The third-order valence-electron chi connectivity index (χ3n) is 1.12. The molecule has 0 saturated carbocycles. The summed E-state index contributed by atoms with van der Waals surface area (Å²) in [6.45, 7) is 3.58. The van der Waals surface area contributed by atoms with E-state index in [-0.39, 0.29) is 0 Å². The van der Waals surface area contributed by atoms with Crippen molar-refractivity contribution in [3.8, 4) is 0 Å². The van der Waals surface area contributed by atoms with Crippen molar-refractivity contribution in [3.05, 3.63) is 12.7 Å². The Bertz CT molecular complexity index is 109. The van der Waals surface area contributed by atoms with Gasteiger partial charge in [-0.3, -0.25) is 4.79 Å². The second kappa shape index (κ2) is 2.35. The van der Waals surface area contributed by atoms with Crippen LogP contribution in [0, 0.1) is 0 Å². The van der Waals surface area contributed by atoms with E-state index >= 15 is 0 Å². The summed E-state index contributed by atoms with van der Waals surface area (Å²) in [6, 6.07) is 0. The average molecular weight is 128 g/mol. The zero-order chi connectivity index (χ0) is 5.98. The highest BCUT2D eigenvalue weighted by atomic mass is 32.2. The topological polar surface area (TPSA) is 17.1 Å². The lowest BCUT2D eigenvalue weighted by atomic mass is 10.2. The first-order chi connectivity index (χ1) is 3.83. The summed E-state index contributed by atoms with van der Waals surface area (Å²) in [5, 5.41) is 0.886. The zero-order valence-corrected chi connectivity index (χ0v) is 5.41. The van der Waals surface area contributed by atoms with Crippen LogP contribution in [0.1, 0.15) is 12.8 Å². The van der Waals surface area contributed by atoms with Gasteiger partial charge in [0.25, 0.3) is 0 Å². The first kappa shape index (κ1) is 5.89. The van der Waals surface area contributed by atoms with Gasteiger partial charge in [0.05, 0.1) is 0 Å². The molecule has 0 amide bonds. The highest BCUT2D eigenvalue weighted by Crippen LogP contribution is 2.32. The minimum Gasteiger partial charge on any atom is -0.287 e. The lowest BCUT2D eigenvalue weighted by Gasteiger charge is -2.20. The van der Waals surface area contributed by atoms with Crippen LogP contribution in [0.2, 0.25) is 0 Å². The molecule has 0 aromatic rings. The highest BCUT2D eigenvalue weighted by molar-refractivity contribution is 8.16. The molecule has 0 aromatic carbocycles. The smallest absolute Gasteiger partial charge is 0.190 e. The van der Waals surface area contributed by atoms with Crippen molar-refractivity contribution in [1.82, 2.24) is 0 Å². The van der Waals surface area contributed by atoms with Crippen LogP contribution < -0.4 is 0 Å². The van der Waals surface area contributed by atoms with Gasteiger partial charge < -0.3 is 0 Å². The maximum Gasteiger partial charge on any atom is 0.190 e. The van der Waals surface area contributed by atoms with Crippen molar-refractivity contribution >= 4 is 16.9 Å². The molecule has 1 aliphatic rings. The van der Waals surface area contributed by atoms with Crippen LogP contribution in [-0.2, 0) is 4.79 Å². The van der Waals surface area contributed by atoms with Gasteiger partial charge in [-0.25, -0.2) is 0 Å². The summed E-state index contributed by atoms with van der Waals surface area (Å²) in [4.78, 5) is 10.3. The summed E-state index contributed by atoms with van der Waals surface area (Å²) in [6.07, 6.45) is 3.61. The normalized spacial score (nSPS) is 27.0. The predicted octanol–water partition coefficient (Wildman–Crippen LogP) is 1.59. The molecule has 2 heteroatoms. The molecule has 44 valence electrons. The molecule has 0 N–H and O–H groups in total. The fourth-order valence-corrected chi connectivity index (χ4v) is 1.52. The van der Waals surface area contributed by atoms with Gasteiger partial charge in [-0.2, -0.15) is 0 Å². The van der Waals surface area contributed by atoms with E-state index in [2.05, 4.69) is 6.58 Å². The van der Waals surface area contributed by atoms with Crippen LogP contribution in [0.25, 0.3) is 0 Å². The second-order valence-corrected chi connectivity index (χ2v) is 3.20. The number of hydrogen-bond acceptors (Lipinski definition) is 2. The summed E-state index contributed by atoms with van der Waals surface area (Å²) < 4.78 is 0. The SMILES string of the molecule is C=CCC1CC(=O)S1. The molecule has 1 saturated heterocycles. The van der Waals surface area contributed by atoms with Crippen molar-refractivity contribution in [1.29, 1.82) is 0 Å². The van der Waals surface area contributed by atoms with Gasteiger partial charge >= 0.3 is 0 Å². The van der Waals surface area contributed by atoms with Crippen molar-refractivity contribution in [2.24, 2.45) is 0 Å². The summed E-state index contributed by atoms with van der Waals surface area (Å²) in [5.74, 6) is 0. The Hall–Kier alpha value is -0.240. The third kappa shape index (κ3) is 1.13. The van der Waals surface area contributed by atoms with Gasteiger partial charge in [0.1, 0.15) is 0 Å². The van der Waals surface area contributed by atoms with Crippen LogP contribution in [0.5, 0.6) is 0 Å². The Balaban J connectivity index is 2.15. The van der Waals surface area contributed by atoms with Crippen molar-refractivity contribution < 1.29 is 4.79 Å². The lowest BCUT2D eigenvalue weighted by molar-refractivity contribution is -0.112. The lowest BCUT2D eigenvalue weighted by Crippen LogP contribution is -2.19. The summed E-state index contributed by atoms with van der Waals surface area (Å²) in [7, 11) is 0. The average Bonchev–Trinajstić information content (AvgIpc) is 1.64. The molecule has 0 spiro atoms. The van der Waals surface area contributed by atoms with Gasteiger partial charge in [-0.15, -0.1) is 6.58 Å². The molecule has 1 nitrogen and oxygen atoms in total. The second-order valence-electron chi connectivity index (χ2n) is 1.84. The number of thioether (sulfide) groups is 1. The number of allylic oxidation sites excluding steroid dienone is 1. The highest BCUT2D eigenvalue weighted by Gasteiger charge is 2.25. The van der Waals surface area contributed by atoms with Gasteiger partial charge in [0, 0.05) is 11.7 Å². The van der Waals surface area contributed by atoms with Gasteiger partial charge in [0.15, 0.2) is 5.12 Å². The van der Waals surface area contributed by atoms with Crippen molar-refractivity contribution in [2.45, 2.75) is 18.1 Å². The number of rotatable bonds is 2. The molecular formula is C6H8OS. The van der Waals surface area contributed by atoms with E-state index in [1.54, 1.807) is 0 Å². The zero-order valence-electron chi connectivity index (χ0n) is 4.59. The molecule has 1 fully saturated rings. The molecule has 0 radical (unpaired) electrons. The number of carbonyl (C=O) groups excluding carboxylic acids is 1. The van der Waals surface area contributed by atoms with Crippen LogP contribution in [0.4, 0.5) is 0 Å². The molecule has 0 aromatic heterocycles. The van der Waals surface area contributed by atoms with E-state index < -0.39 is 0 Å². The Morgan fingerprint density at radius 2 is 2.62 bits per heavy atom. The van der Waals surface area contributed by atoms with Gasteiger partial charge in [-0.1, -0.05) is 17.8 Å².